The predicted octanol–water partition coefficient (Wildman–Crippen LogP) is 1.76. The molecule has 0 aliphatic heterocycles. The molecule has 0 radical (unpaired) electrons. The molecule has 1 aromatic carbocycles. The third-order valence-electron chi connectivity index (χ3n) is 2.50. The van der Waals surface area contributed by atoms with Crippen LogP contribution >= 0.6 is 0 Å². The monoisotopic (exact) mass is 277 g/mol. The van der Waals surface area contributed by atoms with Gasteiger partial charge < -0.3 is 16.0 Å². The van der Waals surface area contributed by atoms with Crippen molar-refractivity contribution in [3.8, 4) is 0 Å². The van der Waals surface area contributed by atoms with Gasteiger partial charge in [0.1, 0.15) is 0 Å². The average Bonchev–Trinajstić information content (AvgIpc) is 2.34. The number of nitrogens with one attached hydrogen (secondary N) is 3. The van der Waals surface area contributed by atoms with E-state index in [1.54, 1.807) is 31.3 Å². The summed E-state index contributed by atoms with van der Waals surface area (Å²) in [5.74, 6) is -0.225. The zero-order chi connectivity index (χ0) is 15.2. The molecule has 3 N–H and O–H groups in total. The van der Waals surface area contributed by atoms with E-state index in [-0.39, 0.29) is 17.4 Å². The fourth-order valence-electron chi connectivity index (χ4n) is 1.61. The SMILES string of the molecule is CNCCC(=O)Nc1cccc(C(=O)NC(C)(C)C)c1. The molecule has 0 aromatic heterocycles. The third kappa shape index (κ3) is 5.84. The molecule has 0 unspecified atom stereocenters. The lowest BCUT2D eigenvalue weighted by molar-refractivity contribution is -0.116. The lowest BCUT2D eigenvalue weighted by atomic mass is 10.1. The molecule has 0 saturated heterocycles. The molecule has 1 rings (SSSR count). The van der Waals surface area contributed by atoms with Crippen LogP contribution in [-0.4, -0.2) is 30.9 Å². The second-order valence-electron chi connectivity index (χ2n) is 5.69. The number of carbonyl (C=O) groups excluding carboxylic acids is 2. The van der Waals surface area contributed by atoms with Crippen LogP contribution in [0, 0.1) is 0 Å². The fraction of sp³-hybridized carbons (Fsp3) is 0.467. The Morgan fingerprint density at radius 2 is 1.90 bits per heavy atom. The average molecular weight is 277 g/mol. The van der Waals surface area contributed by atoms with Crippen LogP contribution in [-0.2, 0) is 4.79 Å². The van der Waals surface area contributed by atoms with E-state index in [1.165, 1.54) is 0 Å². The number of rotatable bonds is 5. The smallest absolute Gasteiger partial charge is 0.251 e. The number of hydrogen-bond acceptors (Lipinski definition) is 3. The molecule has 0 heterocycles. The molecule has 0 aliphatic carbocycles. The highest BCUT2D eigenvalue weighted by molar-refractivity contribution is 5.97. The maximum Gasteiger partial charge on any atom is 0.251 e. The molecule has 2 amide bonds. The van der Waals surface area contributed by atoms with Crippen molar-refractivity contribution in [2.24, 2.45) is 0 Å². The molecule has 20 heavy (non-hydrogen) atoms. The van der Waals surface area contributed by atoms with Crippen molar-refractivity contribution < 1.29 is 9.59 Å². The van der Waals surface area contributed by atoms with E-state index in [1.807, 2.05) is 20.8 Å². The van der Waals surface area contributed by atoms with E-state index in [0.717, 1.165) is 0 Å². The summed E-state index contributed by atoms with van der Waals surface area (Å²) in [6, 6.07) is 6.93. The number of amides is 2. The van der Waals surface area contributed by atoms with Gasteiger partial charge in [-0.25, -0.2) is 0 Å². The molecular formula is C15H23N3O2. The van der Waals surface area contributed by atoms with Crippen molar-refractivity contribution in [2.75, 3.05) is 18.9 Å². The van der Waals surface area contributed by atoms with Crippen molar-refractivity contribution in [3.05, 3.63) is 29.8 Å². The normalized spacial score (nSPS) is 11.0. The number of carbonyl (C=O) groups is 2. The van der Waals surface area contributed by atoms with Crippen molar-refractivity contribution in [3.63, 3.8) is 0 Å². The van der Waals surface area contributed by atoms with Crippen LogP contribution in [0.1, 0.15) is 37.6 Å². The van der Waals surface area contributed by atoms with Gasteiger partial charge in [-0.15, -0.1) is 0 Å². The molecular weight excluding hydrogens is 254 g/mol. The Bertz CT molecular complexity index is 478. The van der Waals surface area contributed by atoms with Crippen molar-refractivity contribution >= 4 is 17.5 Å². The van der Waals surface area contributed by atoms with E-state index < -0.39 is 0 Å². The van der Waals surface area contributed by atoms with Gasteiger partial charge in [-0.2, -0.15) is 0 Å². The van der Waals surface area contributed by atoms with E-state index in [2.05, 4.69) is 16.0 Å². The second-order valence-corrected chi connectivity index (χ2v) is 5.69. The first-order chi connectivity index (χ1) is 9.31. The molecule has 0 spiro atoms. The largest absolute Gasteiger partial charge is 0.347 e. The summed E-state index contributed by atoms with van der Waals surface area (Å²) in [4.78, 5) is 23.7. The summed E-state index contributed by atoms with van der Waals surface area (Å²) in [5.41, 5.74) is 0.877. The Morgan fingerprint density at radius 1 is 1.20 bits per heavy atom. The van der Waals surface area contributed by atoms with Gasteiger partial charge in [-0.1, -0.05) is 6.07 Å². The van der Waals surface area contributed by atoms with Crippen LogP contribution in [0.15, 0.2) is 24.3 Å². The first-order valence-electron chi connectivity index (χ1n) is 6.69. The summed E-state index contributed by atoms with van der Waals surface area (Å²) in [6.45, 7) is 6.40. The van der Waals surface area contributed by atoms with Gasteiger partial charge >= 0.3 is 0 Å². The molecule has 0 fully saturated rings. The van der Waals surface area contributed by atoms with Crippen LogP contribution in [0.5, 0.6) is 0 Å². The number of hydrogen-bond donors (Lipinski definition) is 3. The summed E-state index contributed by atoms with van der Waals surface area (Å²) in [6.07, 6.45) is 0.398. The van der Waals surface area contributed by atoms with Crippen molar-refractivity contribution in [1.82, 2.24) is 10.6 Å². The van der Waals surface area contributed by atoms with Gasteiger partial charge in [-0.3, -0.25) is 9.59 Å². The van der Waals surface area contributed by atoms with E-state index in [9.17, 15) is 9.59 Å². The van der Waals surface area contributed by atoms with Crippen LogP contribution in [0.25, 0.3) is 0 Å². The van der Waals surface area contributed by atoms with Crippen LogP contribution < -0.4 is 16.0 Å². The van der Waals surface area contributed by atoms with Crippen LogP contribution in [0.3, 0.4) is 0 Å². The molecule has 5 heteroatoms. The fourth-order valence-corrected chi connectivity index (χ4v) is 1.61. The van der Waals surface area contributed by atoms with E-state index in [4.69, 9.17) is 0 Å². The lowest BCUT2D eigenvalue weighted by Gasteiger charge is -2.20. The zero-order valence-corrected chi connectivity index (χ0v) is 12.5. The Labute approximate surface area is 120 Å². The summed E-state index contributed by atoms with van der Waals surface area (Å²) >= 11 is 0. The van der Waals surface area contributed by atoms with E-state index in [0.29, 0.717) is 24.2 Å². The topological polar surface area (TPSA) is 70.2 Å². The maximum absolute atomic E-state index is 12.0. The number of anilines is 1. The molecule has 0 atom stereocenters. The quantitative estimate of drug-likeness (QED) is 0.768. The minimum absolute atomic E-state index is 0.0762. The standard InChI is InChI=1S/C15H23N3O2/c1-15(2,3)18-14(20)11-6-5-7-12(10-11)17-13(19)8-9-16-4/h5-7,10,16H,8-9H2,1-4H3,(H,17,19)(H,18,20). The van der Waals surface area contributed by atoms with Gasteiger partial charge in [0.15, 0.2) is 0 Å². The minimum Gasteiger partial charge on any atom is -0.347 e. The highest BCUT2D eigenvalue weighted by Gasteiger charge is 2.15. The summed E-state index contributed by atoms with van der Waals surface area (Å²) in [7, 11) is 1.80. The molecule has 0 bridgehead atoms. The van der Waals surface area contributed by atoms with Gasteiger partial charge in [-0.05, 0) is 46.0 Å². The first kappa shape index (κ1) is 16.2. The Hall–Kier alpha value is -1.88. The maximum atomic E-state index is 12.0. The second kappa shape index (κ2) is 7.05. The van der Waals surface area contributed by atoms with Crippen molar-refractivity contribution in [2.45, 2.75) is 32.7 Å². The van der Waals surface area contributed by atoms with Crippen molar-refractivity contribution in [1.29, 1.82) is 0 Å². The molecule has 110 valence electrons. The predicted molar refractivity (Wildman–Crippen MR) is 80.8 cm³/mol. The van der Waals surface area contributed by atoms with Crippen LogP contribution in [0.2, 0.25) is 0 Å². The lowest BCUT2D eigenvalue weighted by Crippen LogP contribution is -2.40. The van der Waals surface area contributed by atoms with Gasteiger partial charge in [0.05, 0.1) is 0 Å². The molecule has 5 nitrogen and oxygen atoms in total. The Balaban J connectivity index is 2.70. The molecule has 1 aromatic rings. The van der Waals surface area contributed by atoms with E-state index >= 15 is 0 Å². The third-order valence-corrected chi connectivity index (χ3v) is 2.50. The Morgan fingerprint density at radius 3 is 2.50 bits per heavy atom. The highest BCUT2D eigenvalue weighted by Crippen LogP contribution is 2.12. The summed E-state index contributed by atoms with van der Waals surface area (Å²) in [5, 5.41) is 8.58. The summed E-state index contributed by atoms with van der Waals surface area (Å²) < 4.78 is 0. The first-order valence-corrected chi connectivity index (χ1v) is 6.69. The molecule has 0 aliphatic rings. The highest BCUT2D eigenvalue weighted by atomic mass is 16.2. The zero-order valence-electron chi connectivity index (χ0n) is 12.5. The van der Waals surface area contributed by atoms with Gasteiger partial charge in [0.2, 0.25) is 5.91 Å². The number of benzene rings is 1. The minimum atomic E-state index is -0.289. The van der Waals surface area contributed by atoms with Gasteiger partial charge in [0, 0.05) is 29.8 Å². The Kier molecular flexibility index (Phi) is 5.70. The van der Waals surface area contributed by atoms with Crippen LogP contribution in [0.4, 0.5) is 5.69 Å². The van der Waals surface area contributed by atoms with Gasteiger partial charge in [0.25, 0.3) is 5.91 Å². The molecule has 0 saturated carbocycles.